The highest BCUT2D eigenvalue weighted by Gasteiger charge is 2.03. The molecule has 0 radical (unpaired) electrons. The number of hydrogen-bond donors (Lipinski definition) is 1. The summed E-state index contributed by atoms with van der Waals surface area (Å²) in [6, 6.07) is 13.9. The van der Waals surface area contributed by atoms with Crippen molar-refractivity contribution in [1.29, 1.82) is 5.26 Å². The van der Waals surface area contributed by atoms with Gasteiger partial charge in [-0.25, -0.2) is 4.39 Å². The summed E-state index contributed by atoms with van der Waals surface area (Å²) in [5.41, 5.74) is 2.37. The summed E-state index contributed by atoms with van der Waals surface area (Å²) < 4.78 is 13.1. The monoisotopic (exact) mass is 288 g/mol. The van der Waals surface area contributed by atoms with Crippen LogP contribution in [-0.4, -0.2) is 6.54 Å². The Bertz CT molecular complexity index is 617. The largest absolute Gasteiger partial charge is 0.312 e. The molecule has 0 saturated heterocycles. The van der Waals surface area contributed by atoms with Gasteiger partial charge in [-0.1, -0.05) is 23.7 Å². The Hall–Kier alpha value is -1.89. The molecule has 0 aliphatic heterocycles. The normalized spacial score (nSPS) is 10.2. The molecular formula is C16H14ClFN2. The Morgan fingerprint density at radius 2 is 1.90 bits per heavy atom. The summed E-state index contributed by atoms with van der Waals surface area (Å²) in [5, 5.41) is 12.9. The van der Waals surface area contributed by atoms with E-state index >= 15 is 0 Å². The predicted molar refractivity (Wildman–Crippen MR) is 78.0 cm³/mol. The van der Waals surface area contributed by atoms with Crippen LogP contribution in [0.4, 0.5) is 4.39 Å². The van der Waals surface area contributed by atoms with Crippen LogP contribution in [0.2, 0.25) is 5.02 Å². The van der Waals surface area contributed by atoms with E-state index in [1.807, 2.05) is 24.3 Å². The molecule has 2 nitrogen and oxygen atoms in total. The van der Waals surface area contributed by atoms with Crippen molar-refractivity contribution in [3.63, 3.8) is 0 Å². The molecule has 2 aromatic carbocycles. The molecule has 102 valence electrons. The summed E-state index contributed by atoms with van der Waals surface area (Å²) in [4.78, 5) is 0. The summed E-state index contributed by atoms with van der Waals surface area (Å²) in [5.74, 6) is -0.321. The molecule has 2 aromatic rings. The van der Waals surface area contributed by atoms with Crippen LogP contribution in [0, 0.1) is 17.1 Å². The molecule has 0 fully saturated rings. The van der Waals surface area contributed by atoms with Gasteiger partial charge in [-0.05, 0) is 54.4 Å². The van der Waals surface area contributed by atoms with Gasteiger partial charge in [-0.2, -0.15) is 5.26 Å². The second-order valence-corrected chi connectivity index (χ2v) is 4.90. The highest BCUT2D eigenvalue weighted by atomic mass is 35.5. The maximum atomic E-state index is 13.1. The second-order valence-electron chi connectivity index (χ2n) is 4.47. The zero-order valence-corrected chi connectivity index (χ0v) is 11.6. The van der Waals surface area contributed by atoms with Gasteiger partial charge in [0.05, 0.1) is 11.6 Å². The number of hydrogen-bond acceptors (Lipinski definition) is 2. The molecule has 1 N–H and O–H groups in total. The van der Waals surface area contributed by atoms with Gasteiger partial charge in [0, 0.05) is 11.6 Å². The summed E-state index contributed by atoms with van der Waals surface area (Å²) in [6.45, 7) is 1.23. The molecule has 0 heterocycles. The molecule has 0 bridgehead atoms. The number of rotatable bonds is 5. The Labute approximate surface area is 122 Å². The lowest BCUT2D eigenvalue weighted by molar-refractivity contribution is 0.619. The zero-order chi connectivity index (χ0) is 14.4. The molecular weight excluding hydrogens is 275 g/mol. The van der Waals surface area contributed by atoms with E-state index in [0.717, 1.165) is 18.0 Å². The molecule has 0 aliphatic carbocycles. The Morgan fingerprint density at radius 3 is 2.60 bits per heavy atom. The van der Waals surface area contributed by atoms with Gasteiger partial charge >= 0.3 is 0 Å². The maximum absolute atomic E-state index is 13.1. The van der Waals surface area contributed by atoms with Crippen LogP contribution in [0.25, 0.3) is 0 Å². The molecule has 0 saturated carbocycles. The van der Waals surface area contributed by atoms with E-state index in [-0.39, 0.29) is 5.82 Å². The van der Waals surface area contributed by atoms with Crippen LogP contribution in [0.15, 0.2) is 42.5 Å². The summed E-state index contributed by atoms with van der Waals surface area (Å²) in [6.07, 6.45) is 0.856. The van der Waals surface area contributed by atoms with Crippen molar-refractivity contribution >= 4 is 11.6 Å². The third-order valence-electron chi connectivity index (χ3n) is 3.01. The second kappa shape index (κ2) is 7.04. The van der Waals surface area contributed by atoms with Crippen molar-refractivity contribution < 1.29 is 4.39 Å². The first kappa shape index (κ1) is 14.5. The topological polar surface area (TPSA) is 35.8 Å². The van der Waals surface area contributed by atoms with E-state index in [1.54, 1.807) is 0 Å². The number of nitrogens with one attached hydrogen (secondary N) is 1. The molecule has 0 aromatic heterocycles. The van der Waals surface area contributed by atoms with Crippen LogP contribution >= 0.6 is 11.6 Å². The minimum absolute atomic E-state index is 0.321. The van der Waals surface area contributed by atoms with Gasteiger partial charge in [-0.3, -0.25) is 0 Å². The zero-order valence-electron chi connectivity index (χ0n) is 10.9. The van der Waals surface area contributed by atoms with Crippen LogP contribution < -0.4 is 5.32 Å². The van der Waals surface area contributed by atoms with E-state index in [0.29, 0.717) is 17.7 Å². The first-order chi connectivity index (χ1) is 9.69. The van der Waals surface area contributed by atoms with Gasteiger partial charge in [0.25, 0.3) is 0 Å². The lowest BCUT2D eigenvalue weighted by atomic mass is 10.1. The minimum Gasteiger partial charge on any atom is -0.312 e. The fraction of sp³-hybridized carbons (Fsp3) is 0.188. The first-order valence-electron chi connectivity index (χ1n) is 6.33. The number of benzene rings is 2. The Balaban J connectivity index is 1.86. The maximum Gasteiger partial charge on any atom is 0.123 e. The third-order valence-corrected chi connectivity index (χ3v) is 3.26. The molecule has 0 atom stereocenters. The fourth-order valence-corrected chi connectivity index (χ4v) is 2.05. The van der Waals surface area contributed by atoms with Crippen molar-refractivity contribution in [3.8, 4) is 6.07 Å². The summed E-state index contributed by atoms with van der Waals surface area (Å²) in [7, 11) is 0. The van der Waals surface area contributed by atoms with Gasteiger partial charge in [0.15, 0.2) is 0 Å². The highest BCUT2D eigenvalue weighted by Crippen LogP contribution is 2.11. The smallest absolute Gasteiger partial charge is 0.123 e. The standard InChI is InChI=1S/C16H14ClFN2/c17-15-4-1-12(2-5-15)7-8-20-11-14-9-16(18)6-3-13(14)10-19/h1-6,9,20H,7-8,11H2. The molecule has 0 aliphatic rings. The van der Waals surface area contributed by atoms with Crippen LogP contribution in [0.5, 0.6) is 0 Å². The van der Waals surface area contributed by atoms with E-state index in [2.05, 4.69) is 11.4 Å². The van der Waals surface area contributed by atoms with Gasteiger partial charge < -0.3 is 5.32 Å². The molecule has 0 spiro atoms. The van der Waals surface area contributed by atoms with E-state index in [9.17, 15) is 4.39 Å². The van der Waals surface area contributed by atoms with Crippen LogP contribution in [0.1, 0.15) is 16.7 Å². The van der Waals surface area contributed by atoms with Crippen molar-refractivity contribution in [3.05, 3.63) is 70.0 Å². The fourth-order valence-electron chi connectivity index (χ4n) is 1.92. The van der Waals surface area contributed by atoms with Crippen molar-refractivity contribution in [1.82, 2.24) is 5.32 Å². The van der Waals surface area contributed by atoms with E-state index in [1.165, 1.54) is 23.8 Å². The lowest BCUT2D eigenvalue weighted by Gasteiger charge is -2.07. The lowest BCUT2D eigenvalue weighted by Crippen LogP contribution is -2.17. The molecule has 4 heteroatoms. The quantitative estimate of drug-likeness (QED) is 0.852. The average Bonchev–Trinajstić information content (AvgIpc) is 2.46. The van der Waals surface area contributed by atoms with E-state index < -0.39 is 0 Å². The van der Waals surface area contributed by atoms with Crippen LogP contribution in [-0.2, 0) is 13.0 Å². The SMILES string of the molecule is N#Cc1ccc(F)cc1CNCCc1ccc(Cl)cc1. The van der Waals surface area contributed by atoms with Crippen LogP contribution in [0.3, 0.4) is 0 Å². The summed E-state index contributed by atoms with van der Waals surface area (Å²) >= 11 is 5.82. The Morgan fingerprint density at radius 1 is 1.15 bits per heavy atom. The molecule has 2 rings (SSSR count). The van der Waals surface area contributed by atoms with Gasteiger partial charge in [0.2, 0.25) is 0 Å². The minimum atomic E-state index is -0.321. The van der Waals surface area contributed by atoms with Gasteiger partial charge in [-0.15, -0.1) is 0 Å². The predicted octanol–water partition coefficient (Wildman–Crippen LogP) is 3.68. The highest BCUT2D eigenvalue weighted by molar-refractivity contribution is 6.30. The first-order valence-corrected chi connectivity index (χ1v) is 6.70. The third kappa shape index (κ3) is 4.06. The Kier molecular flexibility index (Phi) is 5.11. The van der Waals surface area contributed by atoms with Crippen molar-refractivity contribution in [2.75, 3.05) is 6.54 Å². The van der Waals surface area contributed by atoms with Crippen molar-refractivity contribution in [2.45, 2.75) is 13.0 Å². The molecule has 0 unspecified atom stereocenters. The van der Waals surface area contributed by atoms with E-state index in [4.69, 9.17) is 16.9 Å². The number of halogens is 2. The number of nitriles is 1. The number of nitrogens with zero attached hydrogens (tertiary/aromatic N) is 1. The molecule has 0 amide bonds. The van der Waals surface area contributed by atoms with Crippen molar-refractivity contribution in [2.24, 2.45) is 0 Å². The van der Waals surface area contributed by atoms with Gasteiger partial charge in [0.1, 0.15) is 5.82 Å². The molecule has 20 heavy (non-hydrogen) atoms. The average molecular weight is 289 g/mol.